The number of ether oxygens (including phenoxy) is 1. The minimum atomic E-state index is -4.54. The van der Waals surface area contributed by atoms with Crippen LogP contribution in [0.3, 0.4) is 0 Å². The molecule has 1 aliphatic rings. The lowest BCUT2D eigenvalue weighted by atomic mass is 9.99. The van der Waals surface area contributed by atoms with Gasteiger partial charge < -0.3 is 24.8 Å². The Labute approximate surface area is 331 Å². The van der Waals surface area contributed by atoms with Gasteiger partial charge in [-0.25, -0.2) is 13.1 Å². The molecule has 0 radical (unpaired) electrons. The van der Waals surface area contributed by atoms with Gasteiger partial charge in [-0.05, 0) is 67.1 Å². The summed E-state index contributed by atoms with van der Waals surface area (Å²) >= 11 is 1.50. The number of aryl methyl sites for hydroxylation is 1. The van der Waals surface area contributed by atoms with Crippen LogP contribution in [0.15, 0.2) is 101 Å². The number of nitrogens with one attached hydrogen (secondary N) is 2. The van der Waals surface area contributed by atoms with E-state index in [1.165, 1.54) is 48.0 Å². The lowest BCUT2D eigenvalue weighted by molar-refractivity contribution is -0.384. The second-order valence-electron chi connectivity index (χ2n) is 13.6. The summed E-state index contributed by atoms with van der Waals surface area (Å²) in [6.45, 7) is 2.67. The van der Waals surface area contributed by atoms with E-state index in [2.05, 4.69) is 10.2 Å². The molecule has 4 aromatic rings. The van der Waals surface area contributed by atoms with Gasteiger partial charge in [0.1, 0.15) is 11.4 Å². The molecule has 5 rings (SSSR count). The molecule has 0 unspecified atom stereocenters. The van der Waals surface area contributed by atoms with Crippen LogP contribution in [0.2, 0.25) is 0 Å². The summed E-state index contributed by atoms with van der Waals surface area (Å²) in [5.74, 6) is -0.00658. The molecule has 296 valence electrons. The fourth-order valence-electron chi connectivity index (χ4n) is 6.08. The Balaban J connectivity index is 1.29. The highest BCUT2D eigenvalue weighted by Crippen LogP contribution is 2.33. The minimum Gasteiger partial charge on any atom is -0.496 e. The van der Waals surface area contributed by atoms with Gasteiger partial charge in [-0.3, -0.25) is 24.5 Å². The largest absolute Gasteiger partial charge is 0.496 e. The summed E-state index contributed by atoms with van der Waals surface area (Å²) in [6.07, 6.45) is 0.966. The molecule has 2 N–H and O–H groups in total. The monoisotopic (exact) mass is 802 g/mol. The first-order valence-electron chi connectivity index (χ1n) is 18.0. The normalized spacial score (nSPS) is 13.8. The first-order valence-corrected chi connectivity index (χ1v) is 20.4. The number of piperazine rings is 1. The zero-order valence-corrected chi connectivity index (χ0v) is 33.4. The van der Waals surface area contributed by atoms with Gasteiger partial charge in [0.15, 0.2) is 0 Å². The van der Waals surface area contributed by atoms with Crippen molar-refractivity contribution in [1.29, 1.82) is 0 Å². The van der Waals surface area contributed by atoms with E-state index < -0.39 is 37.5 Å². The first kappa shape index (κ1) is 41.7. The quantitative estimate of drug-likeness (QED) is 0.0873. The number of thioether (sulfide) groups is 1. The minimum absolute atomic E-state index is 0.0139. The fourth-order valence-corrected chi connectivity index (χ4v) is 8.02. The van der Waals surface area contributed by atoms with Gasteiger partial charge >= 0.3 is 0 Å². The predicted molar refractivity (Wildman–Crippen MR) is 216 cm³/mol. The van der Waals surface area contributed by atoms with E-state index in [-0.39, 0.29) is 29.5 Å². The van der Waals surface area contributed by atoms with Gasteiger partial charge in [0, 0.05) is 87.0 Å². The first-order chi connectivity index (χ1) is 26.7. The van der Waals surface area contributed by atoms with Crippen LogP contribution in [-0.4, -0.2) is 112 Å². The molecule has 16 heteroatoms. The van der Waals surface area contributed by atoms with Gasteiger partial charge in [-0.2, -0.15) is 0 Å². The number of carbonyl (C=O) groups is 3. The maximum atomic E-state index is 13.4. The third-order valence-corrected chi connectivity index (χ3v) is 11.9. The summed E-state index contributed by atoms with van der Waals surface area (Å²) in [5, 5.41) is 15.4. The number of amides is 3. The molecule has 1 saturated heterocycles. The number of hydrogen-bond donors (Lipinski definition) is 2. The molecule has 3 amide bonds. The average molecular weight is 803 g/mol. The third-order valence-electron chi connectivity index (χ3n) is 9.38. The zero-order chi connectivity index (χ0) is 40.4. The van der Waals surface area contributed by atoms with Crippen LogP contribution >= 0.6 is 11.8 Å². The molecule has 1 aliphatic heterocycles. The SMILES string of the molecule is COc1cc(CCC(=O)N(C)C)ccc1-c1ccc(C(=O)NS(=O)(=O)c2ccc(N[C@@H](CSc3ccccc3)CC(=O)N3CCN(C)CC3)c([N+](=O)[O-])c2)cc1. The summed E-state index contributed by atoms with van der Waals surface area (Å²) in [7, 11) is 2.41. The second-order valence-corrected chi connectivity index (χ2v) is 16.4. The molecule has 1 fully saturated rings. The van der Waals surface area contributed by atoms with Crippen LogP contribution in [0.5, 0.6) is 5.75 Å². The number of benzene rings is 4. The van der Waals surface area contributed by atoms with E-state index in [0.29, 0.717) is 43.0 Å². The number of anilines is 1. The van der Waals surface area contributed by atoms with E-state index in [1.807, 2.05) is 60.3 Å². The van der Waals surface area contributed by atoms with Crippen LogP contribution in [0, 0.1) is 10.1 Å². The van der Waals surface area contributed by atoms with Crippen molar-refractivity contribution in [1.82, 2.24) is 19.4 Å². The van der Waals surface area contributed by atoms with E-state index in [0.717, 1.165) is 35.2 Å². The van der Waals surface area contributed by atoms with Crippen molar-refractivity contribution >= 4 is 50.9 Å². The number of nitro groups is 1. The van der Waals surface area contributed by atoms with E-state index in [9.17, 15) is 32.9 Å². The molecule has 0 aromatic heterocycles. The van der Waals surface area contributed by atoms with Crippen molar-refractivity contribution in [2.75, 3.05) is 65.5 Å². The second kappa shape index (κ2) is 18.9. The molecule has 0 bridgehead atoms. The average Bonchev–Trinajstić information content (AvgIpc) is 3.19. The Morgan fingerprint density at radius 2 is 1.64 bits per heavy atom. The Morgan fingerprint density at radius 3 is 2.29 bits per heavy atom. The lowest BCUT2D eigenvalue weighted by Gasteiger charge is -2.33. The molecule has 1 heterocycles. The number of carbonyl (C=O) groups excluding carboxylic acids is 3. The number of sulfonamides is 1. The molecule has 0 aliphatic carbocycles. The standard InChI is InChI=1S/C40H46N6O8S2/c1-43(2)38(47)19-11-28-10-17-34(37(24-28)54-4)29-12-14-30(15-13-29)40(49)42-56(52,53)33-16-18-35(36(26-33)46(50)51)41-31(27-55-32-8-6-5-7-9-32)25-39(48)45-22-20-44(3)21-23-45/h5-10,12-18,24,26,31,41H,11,19-23,25,27H2,1-4H3,(H,42,49)/t31-/m1/s1. The van der Waals surface area contributed by atoms with Crippen LogP contribution in [0.25, 0.3) is 11.1 Å². The molecule has 14 nitrogen and oxygen atoms in total. The Hall–Kier alpha value is -5.45. The van der Waals surface area contributed by atoms with Gasteiger partial charge in [0.2, 0.25) is 11.8 Å². The topological polar surface area (TPSA) is 171 Å². The molecule has 0 spiro atoms. The summed E-state index contributed by atoms with van der Waals surface area (Å²) in [4.78, 5) is 56.0. The molecule has 1 atom stereocenters. The number of hydrogen-bond acceptors (Lipinski definition) is 11. The van der Waals surface area contributed by atoms with Crippen molar-refractivity contribution in [3.8, 4) is 16.9 Å². The highest BCUT2D eigenvalue weighted by atomic mass is 32.2. The van der Waals surface area contributed by atoms with Crippen LogP contribution in [0.4, 0.5) is 11.4 Å². The van der Waals surface area contributed by atoms with Crippen molar-refractivity contribution in [2.45, 2.75) is 35.1 Å². The van der Waals surface area contributed by atoms with Gasteiger partial charge in [0.25, 0.3) is 21.6 Å². The number of methoxy groups -OCH3 is 1. The van der Waals surface area contributed by atoms with Crippen molar-refractivity contribution in [2.24, 2.45) is 0 Å². The summed E-state index contributed by atoms with van der Waals surface area (Å²) < 4.78 is 34.4. The highest BCUT2D eigenvalue weighted by Gasteiger charge is 2.27. The van der Waals surface area contributed by atoms with Crippen LogP contribution in [0.1, 0.15) is 28.8 Å². The maximum absolute atomic E-state index is 13.4. The predicted octanol–water partition coefficient (Wildman–Crippen LogP) is 5.15. The summed E-state index contributed by atoms with van der Waals surface area (Å²) in [6, 6.07) is 24.3. The van der Waals surface area contributed by atoms with Crippen molar-refractivity contribution in [3.63, 3.8) is 0 Å². The smallest absolute Gasteiger partial charge is 0.293 e. The van der Waals surface area contributed by atoms with Crippen molar-refractivity contribution in [3.05, 3.63) is 112 Å². The molecular weight excluding hydrogens is 757 g/mol. The number of nitro benzene ring substituents is 1. The number of rotatable bonds is 16. The molecule has 56 heavy (non-hydrogen) atoms. The molecular formula is C40H46N6O8S2. The number of nitrogens with zero attached hydrogens (tertiary/aromatic N) is 4. The van der Waals surface area contributed by atoms with Crippen LogP contribution < -0.4 is 14.8 Å². The lowest BCUT2D eigenvalue weighted by Crippen LogP contribution is -2.48. The Kier molecular flexibility index (Phi) is 14.1. The Morgan fingerprint density at radius 1 is 0.946 bits per heavy atom. The fraction of sp³-hybridized carbons (Fsp3) is 0.325. The van der Waals surface area contributed by atoms with E-state index in [4.69, 9.17) is 4.74 Å². The highest BCUT2D eigenvalue weighted by molar-refractivity contribution is 7.99. The third kappa shape index (κ3) is 11.1. The van der Waals surface area contributed by atoms with Gasteiger partial charge in [0.05, 0.1) is 16.9 Å². The van der Waals surface area contributed by atoms with Gasteiger partial charge in [-0.1, -0.05) is 42.5 Å². The zero-order valence-electron chi connectivity index (χ0n) is 31.8. The van der Waals surface area contributed by atoms with Crippen molar-refractivity contribution < 1.29 is 32.5 Å². The molecule has 4 aromatic carbocycles. The van der Waals surface area contributed by atoms with E-state index in [1.54, 1.807) is 31.1 Å². The van der Waals surface area contributed by atoms with Crippen LogP contribution in [-0.2, 0) is 26.0 Å². The number of likely N-dealkylation sites (N-methyl/N-ethyl adjacent to an activating group) is 1. The maximum Gasteiger partial charge on any atom is 0.293 e. The summed E-state index contributed by atoms with van der Waals surface area (Å²) in [5.41, 5.74) is 1.94. The van der Waals surface area contributed by atoms with Gasteiger partial charge in [-0.15, -0.1) is 11.8 Å². The van der Waals surface area contributed by atoms with E-state index >= 15 is 0 Å². The molecule has 0 saturated carbocycles. The Bertz CT molecular complexity index is 2140.